The quantitative estimate of drug-likeness (QED) is 0.856. The standard InChI is InChI=1S/C15H24N4O2/c1-18(2)14-6-4-3-5-13(14)17-15(20)16-7-8-19-9-11-21-12-10-19/h3-6H,7-12H2,1-2H3,(H2,16,17,20). The summed E-state index contributed by atoms with van der Waals surface area (Å²) in [6.07, 6.45) is 0. The zero-order valence-electron chi connectivity index (χ0n) is 12.8. The fraction of sp³-hybridized carbons (Fsp3) is 0.533. The molecule has 0 unspecified atom stereocenters. The SMILES string of the molecule is CN(C)c1ccccc1NC(=O)NCCN1CCOCC1. The van der Waals surface area contributed by atoms with E-state index in [9.17, 15) is 4.79 Å². The number of nitrogens with zero attached hydrogens (tertiary/aromatic N) is 2. The number of hydrogen-bond donors (Lipinski definition) is 2. The number of ether oxygens (including phenoxy) is 1. The molecule has 0 spiro atoms. The Bertz CT molecular complexity index is 459. The minimum Gasteiger partial charge on any atom is -0.379 e. The van der Waals surface area contributed by atoms with Crippen LogP contribution in [-0.2, 0) is 4.74 Å². The van der Waals surface area contributed by atoms with Crippen molar-refractivity contribution in [1.82, 2.24) is 10.2 Å². The first-order valence-electron chi connectivity index (χ1n) is 7.28. The van der Waals surface area contributed by atoms with Crippen molar-refractivity contribution in [3.05, 3.63) is 24.3 Å². The fourth-order valence-corrected chi connectivity index (χ4v) is 2.29. The Morgan fingerprint density at radius 2 is 2.00 bits per heavy atom. The first-order chi connectivity index (χ1) is 10.2. The lowest BCUT2D eigenvalue weighted by molar-refractivity contribution is 0.0388. The molecule has 1 aliphatic heterocycles. The molecule has 1 aromatic carbocycles. The molecule has 1 saturated heterocycles. The highest BCUT2D eigenvalue weighted by atomic mass is 16.5. The molecule has 1 aromatic rings. The Morgan fingerprint density at radius 1 is 1.29 bits per heavy atom. The number of urea groups is 1. The minimum absolute atomic E-state index is 0.169. The smallest absolute Gasteiger partial charge is 0.319 e. The molecule has 116 valence electrons. The van der Waals surface area contributed by atoms with Crippen LogP contribution in [0.25, 0.3) is 0 Å². The van der Waals surface area contributed by atoms with E-state index in [4.69, 9.17) is 4.74 Å². The van der Waals surface area contributed by atoms with Crippen molar-refractivity contribution in [2.45, 2.75) is 0 Å². The minimum atomic E-state index is -0.169. The van der Waals surface area contributed by atoms with E-state index in [-0.39, 0.29) is 6.03 Å². The molecule has 6 nitrogen and oxygen atoms in total. The van der Waals surface area contributed by atoms with Crippen LogP contribution < -0.4 is 15.5 Å². The van der Waals surface area contributed by atoms with Crippen molar-refractivity contribution in [1.29, 1.82) is 0 Å². The Kier molecular flexibility index (Phi) is 5.83. The highest BCUT2D eigenvalue weighted by Gasteiger charge is 2.11. The summed E-state index contributed by atoms with van der Waals surface area (Å²) in [6.45, 7) is 4.92. The van der Waals surface area contributed by atoms with Gasteiger partial charge in [0, 0.05) is 40.3 Å². The maximum absolute atomic E-state index is 11.9. The van der Waals surface area contributed by atoms with E-state index < -0.39 is 0 Å². The van der Waals surface area contributed by atoms with Crippen LogP contribution in [0.1, 0.15) is 0 Å². The third-order valence-electron chi connectivity index (χ3n) is 3.45. The van der Waals surface area contributed by atoms with Crippen LogP contribution in [-0.4, -0.2) is 64.4 Å². The first-order valence-corrected chi connectivity index (χ1v) is 7.28. The summed E-state index contributed by atoms with van der Waals surface area (Å²) in [4.78, 5) is 16.2. The second-order valence-corrected chi connectivity index (χ2v) is 5.25. The van der Waals surface area contributed by atoms with Gasteiger partial charge in [-0.2, -0.15) is 0 Å². The van der Waals surface area contributed by atoms with Crippen LogP contribution in [0.4, 0.5) is 16.2 Å². The number of nitrogens with one attached hydrogen (secondary N) is 2. The zero-order chi connectivity index (χ0) is 15.1. The molecular formula is C15H24N4O2. The maximum atomic E-state index is 11.9. The van der Waals surface area contributed by atoms with Crippen LogP contribution in [0.5, 0.6) is 0 Å². The number of carbonyl (C=O) groups excluding carboxylic acids is 1. The molecule has 21 heavy (non-hydrogen) atoms. The molecular weight excluding hydrogens is 268 g/mol. The van der Waals surface area contributed by atoms with Gasteiger partial charge in [0.1, 0.15) is 0 Å². The second-order valence-electron chi connectivity index (χ2n) is 5.25. The molecule has 2 amide bonds. The second kappa shape index (κ2) is 7.85. The summed E-state index contributed by atoms with van der Waals surface area (Å²) >= 11 is 0. The van der Waals surface area contributed by atoms with Gasteiger partial charge in [-0.3, -0.25) is 4.90 Å². The molecule has 0 atom stereocenters. The summed E-state index contributed by atoms with van der Waals surface area (Å²) in [7, 11) is 3.91. The van der Waals surface area contributed by atoms with E-state index in [1.807, 2.05) is 43.3 Å². The number of amides is 2. The summed E-state index contributed by atoms with van der Waals surface area (Å²) in [5.41, 5.74) is 1.80. The van der Waals surface area contributed by atoms with Crippen molar-refractivity contribution in [3.63, 3.8) is 0 Å². The van der Waals surface area contributed by atoms with Crippen LogP contribution in [0.3, 0.4) is 0 Å². The molecule has 1 heterocycles. The lowest BCUT2D eigenvalue weighted by Crippen LogP contribution is -2.42. The lowest BCUT2D eigenvalue weighted by atomic mass is 10.2. The van der Waals surface area contributed by atoms with Crippen molar-refractivity contribution in [2.75, 3.05) is 63.7 Å². The maximum Gasteiger partial charge on any atom is 0.319 e. The molecule has 6 heteroatoms. The first kappa shape index (κ1) is 15.6. The predicted octanol–water partition coefficient (Wildman–Crippen LogP) is 1.21. The van der Waals surface area contributed by atoms with Crippen LogP contribution in [0.15, 0.2) is 24.3 Å². The van der Waals surface area contributed by atoms with E-state index in [0.29, 0.717) is 6.54 Å². The molecule has 0 radical (unpaired) electrons. The van der Waals surface area contributed by atoms with Crippen LogP contribution in [0, 0.1) is 0 Å². The number of benzene rings is 1. The molecule has 0 saturated carbocycles. The Labute approximate surface area is 126 Å². The van der Waals surface area contributed by atoms with Crippen molar-refractivity contribution in [2.24, 2.45) is 0 Å². The highest BCUT2D eigenvalue weighted by Crippen LogP contribution is 2.23. The van der Waals surface area contributed by atoms with Crippen molar-refractivity contribution >= 4 is 17.4 Å². The number of para-hydroxylation sites is 2. The van der Waals surface area contributed by atoms with E-state index in [1.165, 1.54) is 0 Å². The molecule has 1 fully saturated rings. The molecule has 2 rings (SSSR count). The van der Waals surface area contributed by atoms with Gasteiger partial charge >= 0.3 is 6.03 Å². The number of morpholine rings is 1. The average molecular weight is 292 g/mol. The topological polar surface area (TPSA) is 56.8 Å². The van der Waals surface area contributed by atoms with Gasteiger partial charge in [-0.05, 0) is 12.1 Å². The molecule has 1 aliphatic rings. The normalized spacial score (nSPS) is 15.5. The highest BCUT2D eigenvalue weighted by molar-refractivity contribution is 5.93. The monoisotopic (exact) mass is 292 g/mol. The number of hydrogen-bond acceptors (Lipinski definition) is 4. The van der Waals surface area contributed by atoms with E-state index in [1.54, 1.807) is 0 Å². The summed E-state index contributed by atoms with van der Waals surface area (Å²) in [6, 6.07) is 7.57. The largest absolute Gasteiger partial charge is 0.379 e. The Balaban J connectivity index is 1.76. The number of rotatable bonds is 5. The molecule has 0 bridgehead atoms. The van der Waals surface area contributed by atoms with Gasteiger partial charge in [-0.15, -0.1) is 0 Å². The lowest BCUT2D eigenvalue weighted by Gasteiger charge is -2.26. The number of anilines is 2. The summed E-state index contributed by atoms with van der Waals surface area (Å²) in [5, 5.41) is 5.79. The summed E-state index contributed by atoms with van der Waals surface area (Å²) < 4.78 is 5.30. The number of carbonyl (C=O) groups is 1. The Morgan fingerprint density at radius 3 is 2.71 bits per heavy atom. The van der Waals surface area contributed by atoms with Gasteiger partial charge in [-0.1, -0.05) is 12.1 Å². The van der Waals surface area contributed by atoms with Gasteiger partial charge in [0.2, 0.25) is 0 Å². The van der Waals surface area contributed by atoms with Crippen LogP contribution in [0.2, 0.25) is 0 Å². The van der Waals surface area contributed by atoms with E-state index >= 15 is 0 Å². The summed E-state index contributed by atoms with van der Waals surface area (Å²) in [5.74, 6) is 0. The molecule has 0 aliphatic carbocycles. The molecule has 2 N–H and O–H groups in total. The van der Waals surface area contributed by atoms with Gasteiger partial charge < -0.3 is 20.3 Å². The third-order valence-corrected chi connectivity index (χ3v) is 3.45. The predicted molar refractivity (Wildman–Crippen MR) is 85.0 cm³/mol. The van der Waals surface area contributed by atoms with Gasteiger partial charge in [-0.25, -0.2) is 4.79 Å². The van der Waals surface area contributed by atoms with E-state index in [2.05, 4.69) is 15.5 Å². The fourth-order valence-electron chi connectivity index (χ4n) is 2.29. The Hall–Kier alpha value is -1.79. The third kappa shape index (κ3) is 4.91. The van der Waals surface area contributed by atoms with Crippen molar-refractivity contribution in [3.8, 4) is 0 Å². The zero-order valence-corrected chi connectivity index (χ0v) is 12.8. The van der Waals surface area contributed by atoms with Gasteiger partial charge in [0.25, 0.3) is 0 Å². The van der Waals surface area contributed by atoms with E-state index in [0.717, 1.165) is 44.2 Å². The van der Waals surface area contributed by atoms with Crippen molar-refractivity contribution < 1.29 is 9.53 Å². The average Bonchev–Trinajstić information content (AvgIpc) is 2.48. The van der Waals surface area contributed by atoms with Gasteiger partial charge in [0.15, 0.2) is 0 Å². The van der Waals surface area contributed by atoms with Crippen LogP contribution >= 0.6 is 0 Å². The van der Waals surface area contributed by atoms with Gasteiger partial charge in [0.05, 0.1) is 24.6 Å². The molecule has 0 aromatic heterocycles.